The summed E-state index contributed by atoms with van der Waals surface area (Å²) in [6, 6.07) is 2.11. The van der Waals surface area contributed by atoms with Gasteiger partial charge in [0, 0.05) is 0 Å². The molecule has 0 radical (unpaired) electrons. The number of esters is 1. The Balaban J connectivity index is 2.31. The number of carbonyl (C=O) groups is 1. The summed E-state index contributed by atoms with van der Waals surface area (Å²) in [5.74, 6) is 0.250. The Kier molecular flexibility index (Phi) is 3.56. The normalized spacial score (nSPS) is 17.7. The van der Waals surface area contributed by atoms with Crippen LogP contribution in [-0.4, -0.2) is 21.7 Å². The average molecular weight is 291 g/mol. The molecule has 6 heteroatoms. The quantitative estimate of drug-likeness (QED) is 0.795. The number of hydrogen-bond acceptors (Lipinski definition) is 6. The highest BCUT2D eigenvalue weighted by Gasteiger charge is 2.52. The Morgan fingerprint density at radius 1 is 1.33 bits per heavy atom. The number of aromatic nitrogens is 2. The van der Waals surface area contributed by atoms with E-state index in [0.717, 1.165) is 6.42 Å². The number of ether oxygens (including phenoxy) is 1. The van der Waals surface area contributed by atoms with Gasteiger partial charge in [0.25, 0.3) is 0 Å². The van der Waals surface area contributed by atoms with Gasteiger partial charge >= 0.3 is 5.97 Å². The van der Waals surface area contributed by atoms with Crippen molar-refractivity contribution in [3.63, 3.8) is 0 Å². The molecule has 0 aliphatic heterocycles. The third kappa shape index (κ3) is 2.78. The number of hydrogen-bond donors (Lipinski definition) is 0. The first kappa shape index (κ1) is 15.5. The summed E-state index contributed by atoms with van der Waals surface area (Å²) in [6.45, 7) is 8.89. The molecule has 1 heterocycles. The summed E-state index contributed by atoms with van der Waals surface area (Å²) in [5.41, 5.74) is -2.25. The van der Waals surface area contributed by atoms with Crippen LogP contribution in [0, 0.1) is 11.3 Å². The maximum atomic E-state index is 12.5. The van der Waals surface area contributed by atoms with E-state index in [1.54, 1.807) is 13.8 Å². The van der Waals surface area contributed by atoms with Crippen LogP contribution in [0.5, 0.6) is 0 Å². The average Bonchev–Trinajstić information content (AvgIpc) is 2.75. The molecular formula is C15H21N3O3. The second-order valence-electron chi connectivity index (χ2n) is 7.10. The number of carbonyl (C=O) groups excluding carboxylic acids is 1. The standard InChI is InChI=1S/C15H21N3O3/c1-13(2,3)20-12(19)15(7-6-8-15)10-17-11(21-18-10)14(4,5)9-16/h6-8H2,1-5H3. The predicted molar refractivity (Wildman–Crippen MR) is 74.3 cm³/mol. The van der Waals surface area contributed by atoms with Crippen molar-refractivity contribution >= 4 is 5.97 Å². The Bertz CT molecular complexity index is 586. The van der Waals surface area contributed by atoms with Crippen LogP contribution in [0.4, 0.5) is 0 Å². The topological polar surface area (TPSA) is 89.0 Å². The largest absolute Gasteiger partial charge is 0.459 e. The zero-order valence-corrected chi connectivity index (χ0v) is 13.2. The highest BCUT2D eigenvalue weighted by molar-refractivity contribution is 5.83. The lowest BCUT2D eigenvalue weighted by molar-refractivity contribution is -0.166. The minimum atomic E-state index is -0.871. The number of nitriles is 1. The molecule has 1 aromatic heterocycles. The molecule has 0 saturated heterocycles. The lowest BCUT2D eigenvalue weighted by Gasteiger charge is -2.38. The fourth-order valence-electron chi connectivity index (χ4n) is 2.14. The Labute approximate surface area is 124 Å². The van der Waals surface area contributed by atoms with Crippen LogP contribution in [0.15, 0.2) is 4.52 Å². The van der Waals surface area contributed by atoms with E-state index in [0.29, 0.717) is 18.7 Å². The van der Waals surface area contributed by atoms with Gasteiger partial charge in [-0.25, -0.2) is 0 Å². The second kappa shape index (κ2) is 4.83. The molecular weight excluding hydrogens is 270 g/mol. The van der Waals surface area contributed by atoms with Crippen molar-refractivity contribution in [2.45, 2.75) is 70.3 Å². The van der Waals surface area contributed by atoms with Crippen molar-refractivity contribution in [1.82, 2.24) is 10.1 Å². The maximum absolute atomic E-state index is 12.5. The molecule has 21 heavy (non-hydrogen) atoms. The van der Waals surface area contributed by atoms with Gasteiger partial charge in [0.05, 0.1) is 6.07 Å². The highest BCUT2D eigenvalue weighted by Crippen LogP contribution is 2.44. The van der Waals surface area contributed by atoms with Gasteiger partial charge in [0.1, 0.15) is 16.4 Å². The minimum absolute atomic E-state index is 0.231. The third-order valence-corrected chi connectivity index (χ3v) is 3.66. The monoisotopic (exact) mass is 291 g/mol. The van der Waals surface area contributed by atoms with E-state index >= 15 is 0 Å². The molecule has 1 fully saturated rings. The summed E-state index contributed by atoms with van der Waals surface area (Å²) in [5, 5.41) is 13.1. The van der Waals surface area contributed by atoms with Gasteiger partial charge in [-0.3, -0.25) is 4.79 Å². The van der Waals surface area contributed by atoms with Gasteiger partial charge in [-0.05, 0) is 47.5 Å². The molecule has 0 aromatic carbocycles. The summed E-state index contributed by atoms with van der Waals surface area (Å²) in [4.78, 5) is 16.8. The van der Waals surface area contributed by atoms with Crippen LogP contribution in [0.1, 0.15) is 65.6 Å². The van der Waals surface area contributed by atoms with Crippen molar-refractivity contribution < 1.29 is 14.1 Å². The van der Waals surface area contributed by atoms with E-state index in [-0.39, 0.29) is 11.9 Å². The van der Waals surface area contributed by atoms with E-state index in [2.05, 4.69) is 16.2 Å². The highest BCUT2D eigenvalue weighted by atomic mass is 16.6. The molecule has 0 N–H and O–H groups in total. The zero-order valence-electron chi connectivity index (χ0n) is 13.2. The van der Waals surface area contributed by atoms with Crippen molar-refractivity contribution in [3.05, 3.63) is 11.7 Å². The zero-order chi connectivity index (χ0) is 15.9. The van der Waals surface area contributed by atoms with Crippen molar-refractivity contribution in [2.75, 3.05) is 0 Å². The first-order chi connectivity index (χ1) is 9.61. The molecule has 0 bridgehead atoms. The van der Waals surface area contributed by atoms with E-state index in [1.807, 2.05) is 20.8 Å². The summed E-state index contributed by atoms with van der Waals surface area (Å²) >= 11 is 0. The molecule has 1 aliphatic carbocycles. The van der Waals surface area contributed by atoms with Gasteiger partial charge in [-0.15, -0.1) is 0 Å². The SMILES string of the molecule is CC(C)(C)OC(=O)C1(c2noc(C(C)(C)C#N)n2)CCC1. The van der Waals surface area contributed by atoms with Gasteiger partial charge in [-0.1, -0.05) is 11.6 Å². The predicted octanol–water partition coefficient (Wildman–Crippen LogP) is 2.63. The first-order valence-electron chi connectivity index (χ1n) is 7.10. The van der Waals surface area contributed by atoms with Gasteiger partial charge < -0.3 is 9.26 Å². The Morgan fingerprint density at radius 2 is 1.95 bits per heavy atom. The lowest BCUT2D eigenvalue weighted by Crippen LogP contribution is -2.47. The molecule has 1 saturated carbocycles. The van der Waals surface area contributed by atoms with Gasteiger partial charge in [-0.2, -0.15) is 10.2 Å². The molecule has 2 rings (SSSR count). The molecule has 114 valence electrons. The van der Waals surface area contributed by atoms with Crippen LogP contribution in [0.25, 0.3) is 0 Å². The fourth-order valence-corrected chi connectivity index (χ4v) is 2.14. The van der Waals surface area contributed by atoms with Crippen molar-refractivity contribution in [3.8, 4) is 6.07 Å². The van der Waals surface area contributed by atoms with Crippen LogP contribution in [0.2, 0.25) is 0 Å². The molecule has 0 spiro atoms. The Morgan fingerprint density at radius 3 is 2.38 bits per heavy atom. The van der Waals surface area contributed by atoms with Crippen molar-refractivity contribution in [2.24, 2.45) is 0 Å². The van der Waals surface area contributed by atoms with E-state index < -0.39 is 16.4 Å². The van der Waals surface area contributed by atoms with Crippen LogP contribution < -0.4 is 0 Å². The van der Waals surface area contributed by atoms with Crippen LogP contribution >= 0.6 is 0 Å². The van der Waals surface area contributed by atoms with Crippen LogP contribution in [-0.2, 0) is 20.4 Å². The summed E-state index contributed by atoms with van der Waals surface area (Å²) < 4.78 is 10.7. The van der Waals surface area contributed by atoms with E-state index in [9.17, 15) is 4.79 Å². The fraction of sp³-hybridized carbons (Fsp3) is 0.733. The minimum Gasteiger partial charge on any atom is -0.459 e. The summed E-state index contributed by atoms with van der Waals surface area (Å²) in [7, 11) is 0. The molecule has 1 aliphatic rings. The third-order valence-electron chi connectivity index (χ3n) is 3.66. The van der Waals surface area contributed by atoms with E-state index in [4.69, 9.17) is 14.5 Å². The summed E-state index contributed by atoms with van der Waals surface area (Å²) in [6.07, 6.45) is 2.21. The van der Waals surface area contributed by atoms with Gasteiger partial charge in [0.2, 0.25) is 5.89 Å². The maximum Gasteiger partial charge on any atom is 0.320 e. The molecule has 6 nitrogen and oxygen atoms in total. The number of rotatable bonds is 3. The first-order valence-corrected chi connectivity index (χ1v) is 7.10. The lowest BCUT2D eigenvalue weighted by atomic mass is 9.68. The second-order valence-corrected chi connectivity index (χ2v) is 7.10. The molecule has 1 aromatic rings. The van der Waals surface area contributed by atoms with Crippen molar-refractivity contribution in [1.29, 1.82) is 5.26 Å². The Hall–Kier alpha value is -1.90. The molecule has 0 atom stereocenters. The number of nitrogens with zero attached hydrogens (tertiary/aromatic N) is 3. The van der Waals surface area contributed by atoms with Gasteiger partial charge in [0.15, 0.2) is 5.82 Å². The van der Waals surface area contributed by atoms with Crippen LogP contribution in [0.3, 0.4) is 0 Å². The molecule has 0 amide bonds. The van der Waals surface area contributed by atoms with E-state index in [1.165, 1.54) is 0 Å². The molecule has 0 unspecified atom stereocenters. The smallest absolute Gasteiger partial charge is 0.320 e.